The lowest BCUT2D eigenvalue weighted by Crippen LogP contribution is -2.47. The van der Waals surface area contributed by atoms with Crippen LogP contribution in [0, 0.1) is 22.7 Å². The van der Waals surface area contributed by atoms with E-state index >= 15 is 0 Å². The first-order valence-electron chi connectivity index (χ1n) is 8.92. The standard InChI is InChI=1S/C19H22FN5O.ClH/c20-15-9-18(11-22)25(13-15)19(26)12-23-16-5-7-24(8-6-16)17-3-1-14(10-21)2-4-17;/h1-4,15-16,18,23H,5-9,12-13H2;1H/t15-,18-;/m0./s1. The second kappa shape index (κ2) is 9.55. The summed E-state index contributed by atoms with van der Waals surface area (Å²) < 4.78 is 13.4. The highest BCUT2D eigenvalue weighted by Crippen LogP contribution is 2.21. The Morgan fingerprint density at radius 3 is 2.48 bits per heavy atom. The van der Waals surface area contributed by atoms with Gasteiger partial charge in [0, 0.05) is 31.2 Å². The topological polar surface area (TPSA) is 83.2 Å². The molecule has 2 aliphatic rings. The van der Waals surface area contributed by atoms with Gasteiger partial charge in [0.05, 0.1) is 30.8 Å². The summed E-state index contributed by atoms with van der Waals surface area (Å²) in [5.74, 6) is -0.203. The molecule has 2 saturated heterocycles. The first-order chi connectivity index (χ1) is 12.6. The zero-order chi connectivity index (χ0) is 18.5. The Labute approximate surface area is 164 Å². The van der Waals surface area contributed by atoms with Crippen molar-refractivity contribution in [3.8, 4) is 12.1 Å². The van der Waals surface area contributed by atoms with Crippen LogP contribution in [0.15, 0.2) is 24.3 Å². The number of rotatable bonds is 4. The van der Waals surface area contributed by atoms with Crippen LogP contribution in [-0.4, -0.2) is 55.2 Å². The van der Waals surface area contributed by atoms with Crippen molar-refractivity contribution in [2.24, 2.45) is 0 Å². The lowest BCUT2D eigenvalue weighted by molar-refractivity contribution is -0.130. The molecule has 2 aliphatic heterocycles. The van der Waals surface area contributed by atoms with Crippen molar-refractivity contribution in [3.05, 3.63) is 29.8 Å². The molecule has 1 amide bonds. The number of nitrogens with one attached hydrogen (secondary N) is 1. The lowest BCUT2D eigenvalue weighted by Gasteiger charge is -2.34. The number of anilines is 1. The summed E-state index contributed by atoms with van der Waals surface area (Å²) in [5.41, 5.74) is 1.75. The molecule has 0 saturated carbocycles. The van der Waals surface area contributed by atoms with Gasteiger partial charge >= 0.3 is 0 Å². The molecule has 0 aliphatic carbocycles. The van der Waals surface area contributed by atoms with Crippen LogP contribution in [0.2, 0.25) is 0 Å². The number of benzene rings is 1. The Bertz CT molecular complexity index is 721. The third kappa shape index (κ3) is 5.09. The summed E-state index contributed by atoms with van der Waals surface area (Å²) >= 11 is 0. The SMILES string of the molecule is Cl.N#Cc1ccc(N2CCC(NCC(=O)N3C[C@@H](F)C[C@H]3C#N)CC2)cc1. The molecule has 2 fully saturated rings. The molecule has 1 aromatic carbocycles. The van der Waals surface area contributed by atoms with Gasteiger partial charge in [-0.25, -0.2) is 4.39 Å². The van der Waals surface area contributed by atoms with Crippen LogP contribution in [0.4, 0.5) is 10.1 Å². The van der Waals surface area contributed by atoms with Gasteiger partial charge in [-0.05, 0) is 37.1 Å². The molecule has 8 heteroatoms. The minimum absolute atomic E-state index is 0. The van der Waals surface area contributed by atoms with Crippen molar-refractivity contribution in [2.75, 3.05) is 31.1 Å². The summed E-state index contributed by atoms with van der Waals surface area (Å²) in [6, 6.07) is 11.3. The van der Waals surface area contributed by atoms with Gasteiger partial charge < -0.3 is 15.1 Å². The van der Waals surface area contributed by atoms with E-state index in [0.29, 0.717) is 5.56 Å². The Morgan fingerprint density at radius 1 is 1.22 bits per heavy atom. The number of alkyl halides is 1. The Kier molecular flexibility index (Phi) is 7.41. The van der Waals surface area contributed by atoms with Gasteiger partial charge in [0.15, 0.2) is 0 Å². The predicted molar refractivity (Wildman–Crippen MR) is 102 cm³/mol. The van der Waals surface area contributed by atoms with Crippen LogP contribution in [-0.2, 0) is 4.79 Å². The quantitative estimate of drug-likeness (QED) is 0.848. The van der Waals surface area contributed by atoms with Crippen LogP contribution in [0.1, 0.15) is 24.8 Å². The molecule has 1 N–H and O–H groups in total. The minimum atomic E-state index is -1.10. The van der Waals surface area contributed by atoms with E-state index in [4.69, 9.17) is 10.5 Å². The molecule has 3 rings (SSSR count). The molecular formula is C19H23ClFN5O. The average Bonchev–Trinajstić information content (AvgIpc) is 3.07. The van der Waals surface area contributed by atoms with Gasteiger partial charge in [-0.1, -0.05) is 0 Å². The van der Waals surface area contributed by atoms with Gasteiger partial charge in [-0.15, -0.1) is 12.4 Å². The highest BCUT2D eigenvalue weighted by atomic mass is 35.5. The molecule has 27 heavy (non-hydrogen) atoms. The van der Waals surface area contributed by atoms with Crippen LogP contribution in [0.25, 0.3) is 0 Å². The Hall–Kier alpha value is -2.35. The molecule has 0 spiro atoms. The predicted octanol–water partition coefficient (Wildman–Crippen LogP) is 2.00. The van der Waals surface area contributed by atoms with Gasteiger partial charge in [-0.2, -0.15) is 10.5 Å². The van der Waals surface area contributed by atoms with Crippen molar-refractivity contribution in [1.29, 1.82) is 10.5 Å². The first-order valence-corrected chi connectivity index (χ1v) is 8.92. The number of nitriles is 2. The minimum Gasteiger partial charge on any atom is -0.371 e. The van der Waals surface area contributed by atoms with Crippen molar-refractivity contribution in [2.45, 2.75) is 37.5 Å². The fourth-order valence-corrected chi connectivity index (χ4v) is 3.60. The van der Waals surface area contributed by atoms with Crippen LogP contribution in [0.5, 0.6) is 0 Å². The smallest absolute Gasteiger partial charge is 0.237 e. The fourth-order valence-electron chi connectivity index (χ4n) is 3.60. The number of hydrogen-bond acceptors (Lipinski definition) is 5. The Balaban J connectivity index is 0.00000261. The number of piperidine rings is 1. The van der Waals surface area contributed by atoms with E-state index in [-0.39, 0.29) is 43.9 Å². The zero-order valence-corrected chi connectivity index (χ0v) is 15.8. The molecule has 2 atom stereocenters. The second-order valence-electron chi connectivity index (χ2n) is 6.82. The normalized spacial score (nSPS) is 22.6. The highest BCUT2D eigenvalue weighted by molar-refractivity contribution is 5.85. The molecule has 0 aromatic heterocycles. The summed E-state index contributed by atoms with van der Waals surface area (Å²) in [6.07, 6.45) is 0.825. The van der Waals surface area contributed by atoms with E-state index in [1.165, 1.54) is 4.90 Å². The number of nitrogens with zero attached hydrogens (tertiary/aromatic N) is 4. The van der Waals surface area contributed by atoms with Crippen molar-refractivity contribution in [1.82, 2.24) is 10.2 Å². The van der Waals surface area contributed by atoms with E-state index in [9.17, 15) is 9.18 Å². The monoisotopic (exact) mass is 391 g/mol. The van der Waals surface area contributed by atoms with Gasteiger partial charge in [0.25, 0.3) is 0 Å². The van der Waals surface area contributed by atoms with Crippen molar-refractivity contribution < 1.29 is 9.18 Å². The first kappa shape index (κ1) is 21.0. The van der Waals surface area contributed by atoms with Gasteiger partial charge in [0.2, 0.25) is 5.91 Å². The summed E-state index contributed by atoms with van der Waals surface area (Å²) in [4.78, 5) is 15.9. The Morgan fingerprint density at radius 2 is 1.89 bits per heavy atom. The zero-order valence-electron chi connectivity index (χ0n) is 15.0. The maximum absolute atomic E-state index is 13.4. The van der Waals surface area contributed by atoms with Gasteiger partial charge in [-0.3, -0.25) is 4.79 Å². The highest BCUT2D eigenvalue weighted by Gasteiger charge is 2.35. The number of carbonyl (C=O) groups is 1. The van der Waals surface area contributed by atoms with Gasteiger partial charge in [0.1, 0.15) is 12.2 Å². The van der Waals surface area contributed by atoms with Crippen molar-refractivity contribution in [3.63, 3.8) is 0 Å². The lowest BCUT2D eigenvalue weighted by atomic mass is 10.0. The number of amides is 1. The third-order valence-electron chi connectivity index (χ3n) is 5.12. The average molecular weight is 392 g/mol. The molecular weight excluding hydrogens is 369 g/mol. The number of carbonyl (C=O) groups excluding carboxylic acids is 1. The maximum Gasteiger partial charge on any atom is 0.237 e. The van der Waals surface area contributed by atoms with Crippen LogP contribution >= 0.6 is 12.4 Å². The fraction of sp³-hybridized carbons (Fsp3) is 0.526. The summed E-state index contributed by atoms with van der Waals surface area (Å²) in [5, 5.41) is 21.2. The molecule has 144 valence electrons. The van der Waals surface area contributed by atoms with Crippen molar-refractivity contribution >= 4 is 24.0 Å². The third-order valence-corrected chi connectivity index (χ3v) is 5.12. The number of likely N-dealkylation sites (tertiary alicyclic amines) is 1. The van der Waals surface area contributed by atoms with E-state index in [2.05, 4.69) is 16.3 Å². The van der Waals surface area contributed by atoms with E-state index < -0.39 is 12.2 Å². The second-order valence-corrected chi connectivity index (χ2v) is 6.82. The molecule has 0 unspecified atom stereocenters. The number of hydrogen-bond donors (Lipinski definition) is 1. The largest absolute Gasteiger partial charge is 0.371 e. The molecule has 1 aromatic rings. The molecule has 2 heterocycles. The maximum atomic E-state index is 13.4. The van der Waals surface area contributed by atoms with E-state index in [1.54, 1.807) is 0 Å². The van der Waals surface area contributed by atoms with Crippen LogP contribution in [0.3, 0.4) is 0 Å². The summed E-state index contributed by atoms with van der Waals surface area (Å²) in [6.45, 7) is 1.91. The molecule has 0 radical (unpaired) electrons. The van der Waals surface area contributed by atoms with E-state index in [1.807, 2.05) is 30.3 Å². The van der Waals surface area contributed by atoms with E-state index in [0.717, 1.165) is 31.6 Å². The summed E-state index contributed by atoms with van der Waals surface area (Å²) in [7, 11) is 0. The number of halogens is 2. The van der Waals surface area contributed by atoms with Crippen LogP contribution < -0.4 is 10.2 Å². The molecule has 0 bridgehead atoms. The molecule has 6 nitrogen and oxygen atoms in total.